The molecule has 0 spiro atoms. The zero-order valence-corrected chi connectivity index (χ0v) is 15.2. The van der Waals surface area contributed by atoms with Crippen LogP contribution in [-0.2, 0) is 16.1 Å². The monoisotopic (exact) mass is 402 g/mol. The summed E-state index contributed by atoms with van der Waals surface area (Å²) in [6.45, 7) is -0.470. The lowest BCUT2D eigenvalue weighted by molar-refractivity contribution is -0.163. The van der Waals surface area contributed by atoms with E-state index in [0.29, 0.717) is 15.5 Å². The first-order chi connectivity index (χ1) is 12.6. The number of rotatable bonds is 7. The predicted molar refractivity (Wildman–Crippen MR) is 92.8 cm³/mol. The Morgan fingerprint density at radius 1 is 1.22 bits per heavy atom. The second-order valence-corrected chi connectivity index (χ2v) is 6.39. The van der Waals surface area contributed by atoms with Gasteiger partial charge in [-0.05, 0) is 29.8 Å². The molecule has 0 saturated carbocycles. The molecule has 1 heterocycles. The van der Waals surface area contributed by atoms with Crippen molar-refractivity contribution in [2.75, 3.05) is 6.54 Å². The maximum Gasteiger partial charge on any atom is 0.406 e. The molecule has 0 aliphatic carbocycles. The van der Waals surface area contributed by atoms with Crippen LogP contribution in [0.15, 0.2) is 47.1 Å². The molecule has 2 aromatic rings. The van der Waals surface area contributed by atoms with Gasteiger partial charge in [0.25, 0.3) is 0 Å². The van der Waals surface area contributed by atoms with Gasteiger partial charge in [0.2, 0.25) is 11.8 Å². The topological polar surface area (TPSA) is 62.6 Å². The van der Waals surface area contributed by atoms with Crippen LogP contribution in [0.25, 0.3) is 0 Å². The molecule has 2 amide bonds. The minimum absolute atomic E-state index is 0.232. The SMILES string of the molecule is CC(=O)NC(CC(=O)N(Cc1ccco1)CC(F)(F)F)c1ccc(Cl)cc1. The first-order valence-corrected chi connectivity index (χ1v) is 8.41. The van der Waals surface area contributed by atoms with Crippen LogP contribution in [0.1, 0.15) is 30.7 Å². The van der Waals surface area contributed by atoms with Crippen molar-refractivity contribution in [1.82, 2.24) is 10.2 Å². The highest BCUT2D eigenvalue weighted by Crippen LogP contribution is 2.24. The van der Waals surface area contributed by atoms with E-state index in [1.54, 1.807) is 24.3 Å². The van der Waals surface area contributed by atoms with E-state index in [4.69, 9.17) is 16.0 Å². The molecule has 1 atom stereocenters. The molecule has 5 nitrogen and oxygen atoms in total. The number of carbonyl (C=O) groups is 2. The van der Waals surface area contributed by atoms with Gasteiger partial charge in [0.05, 0.1) is 25.3 Å². The third kappa shape index (κ3) is 6.97. The molecule has 0 radical (unpaired) electrons. The molecule has 0 aliphatic rings. The maximum absolute atomic E-state index is 12.9. The molecule has 2 rings (SSSR count). The second kappa shape index (κ2) is 8.94. The fourth-order valence-electron chi connectivity index (χ4n) is 2.54. The summed E-state index contributed by atoms with van der Waals surface area (Å²) < 4.78 is 43.8. The number of benzene rings is 1. The first-order valence-electron chi connectivity index (χ1n) is 8.03. The van der Waals surface area contributed by atoms with Crippen LogP contribution in [0.3, 0.4) is 0 Å². The van der Waals surface area contributed by atoms with E-state index in [2.05, 4.69) is 5.32 Å². The van der Waals surface area contributed by atoms with Gasteiger partial charge in [0, 0.05) is 11.9 Å². The largest absolute Gasteiger partial charge is 0.467 e. The Labute approximate surface area is 159 Å². The zero-order valence-electron chi connectivity index (χ0n) is 14.4. The van der Waals surface area contributed by atoms with Gasteiger partial charge in [0.15, 0.2) is 0 Å². The quantitative estimate of drug-likeness (QED) is 0.758. The van der Waals surface area contributed by atoms with Gasteiger partial charge in [-0.2, -0.15) is 13.2 Å². The van der Waals surface area contributed by atoms with Gasteiger partial charge in [-0.15, -0.1) is 0 Å². The highest BCUT2D eigenvalue weighted by molar-refractivity contribution is 6.30. The first kappa shape index (κ1) is 20.8. The van der Waals surface area contributed by atoms with Crippen molar-refractivity contribution in [1.29, 1.82) is 0 Å². The van der Waals surface area contributed by atoms with Crippen molar-refractivity contribution in [3.05, 3.63) is 59.0 Å². The summed E-state index contributed by atoms with van der Waals surface area (Å²) in [5.41, 5.74) is 0.563. The lowest BCUT2D eigenvalue weighted by Gasteiger charge is -2.26. The van der Waals surface area contributed by atoms with E-state index in [1.807, 2.05) is 0 Å². The molecule has 27 heavy (non-hydrogen) atoms. The van der Waals surface area contributed by atoms with Crippen LogP contribution in [-0.4, -0.2) is 29.4 Å². The summed E-state index contributed by atoms with van der Waals surface area (Å²) >= 11 is 5.83. The number of hydrogen-bond donors (Lipinski definition) is 1. The van der Waals surface area contributed by atoms with E-state index < -0.39 is 30.6 Å². The molecule has 146 valence electrons. The Hall–Kier alpha value is -2.48. The molecular weight excluding hydrogens is 385 g/mol. The van der Waals surface area contributed by atoms with E-state index in [9.17, 15) is 22.8 Å². The molecule has 0 saturated heterocycles. The highest BCUT2D eigenvalue weighted by atomic mass is 35.5. The molecule has 9 heteroatoms. The number of nitrogens with one attached hydrogen (secondary N) is 1. The smallest absolute Gasteiger partial charge is 0.406 e. The van der Waals surface area contributed by atoms with Crippen LogP contribution in [0.2, 0.25) is 5.02 Å². The predicted octanol–water partition coefficient (Wildman–Crippen LogP) is 4.09. The number of hydrogen-bond acceptors (Lipinski definition) is 3. The van der Waals surface area contributed by atoms with Gasteiger partial charge in [-0.3, -0.25) is 9.59 Å². The van der Waals surface area contributed by atoms with Gasteiger partial charge >= 0.3 is 6.18 Å². The second-order valence-electron chi connectivity index (χ2n) is 5.95. The fraction of sp³-hybridized carbons (Fsp3) is 0.333. The Kier molecular flexibility index (Phi) is 6.90. The molecule has 1 aromatic carbocycles. The maximum atomic E-state index is 12.9. The highest BCUT2D eigenvalue weighted by Gasteiger charge is 2.34. The average molecular weight is 403 g/mol. The molecule has 0 bridgehead atoms. The Balaban J connectivity index is 2.19. The normalized spacial score (nSPS) is 12.5. The third-order valence-electron chi connectivity index (χ3n) is 3.68. The molecule has 1 unspecified atom stereocenters. The van der Waals surface area contributed by atoms with E-state index >= 15 is 0 Å². The molecule has 1 N–H and O–H groups in total. The van der Waals surface area contributed by atoms with Gasteiger partial charge in [-0.25, -0.2) is 0 Å². The van der Waals surface area contributed by atoms with E-state index in [-0.39, 0.29) is 18.7 Å². The van der Waals surface area contributed by atoms with Crippen molar-refractivity contribution in [3.63, 3.8) is 0 Å². The fourth-order valence-corrected chi connectivity index (χ4v) is 2.66. The van der Waals surface area contributed by atoms with Crippen molar-refractivity contribution >= 4 is 23.4 Å². The van der Waals surface area contributed by atoms with Crippen LogP contribution in [0.4, 0.5) is 13.2 Å². The van der Waals surface area contributed by atoms with E-state index in [0.717, 1.165) is 0 Å². The summed E-state index contributed by atoms with van der Waals surface area (Å²) in [5, 5.41) is 3.05. The van der Waals surface area contributed by atoms with Crippen LogP contribution in [0, 0.1) is 0 Å². The Morgan fingerprint density at radius 3 is 2.41 bits per heavy atom. The Bertz CT molecular complexity index is 761. The molecule has 1 aromatic heterocycles. The van der Waals surface area contributed by atoms with Crippen LogP contribution >= 0.6 is 11.6 Å². The van der Waals surface area contributed by atoms with Gasteiger partial charge < -0.3 is 14.6 Å². The summed E-state index contributed by atoms with van der Waals surface area (Å²) in [5.74, 6) is -0.941. The van der Waals surface area contributed by atoms with Crippen molar-refractivity contribution < 1.29 is 27.2 Å². The Morgan fingerprint density at radius 2 is 1.89 bits per heavy atom. The number of furan rings is 1. The summed E-state index contributed by atoms with van der Waals surface area (Å²) in [4.78, 5) is 24.7. The van der Waals surface area contributed by atoms with Crippen LogP contribution < -0.4 is 5.32 Å². The number of alkyl halides is 3. The molecule has 0 aliphatic heterocycles. The average Bonchev–Trinajstić information content (AvgIpc) is 3.05. The van der Waals surface area contributed by atoms with Crippen molar-refractivity contribution in [2.45, 2.75) is 32.1 Å². The van der Waals surface area contributed by atoms with Crippen molar-refractivity contribution in [2.24, 2.45) is 0 Å². The number of carbonyl (C=O) groups excluding carboxylic acids is 2. The summed E-state index contributed by atoms with van der Waals surface area (Å²) in [6.07, 6.45) is -3.58. The minimum atomic E-state index is -4.56. The minimum Gasteiger partial charge on any atom is -0.467 e. The van der Waals surface area contributed by atoms with Crippen LogP contribution in [0.5, 0.6) is 0 Å². The van der Waals surface area contributed by atoms with Gasteiger partial charge in [-0.1, -0.05) is 23.7 Å². The van der Waals surface area contributed by atoms with Gasteiger partial charge in [0.1, 0.15) is 12.3 Å². The number of amides is 2. The molecule has 0 fully saturated rings. The lowest BCUT2D eigenvalue weighted by atomic mass is 10.0. The zero-order chi connectivity index (χ0) is 20.0. The lowest BCUT2D eigenvalue weighted by Crippen LogP contribution is -2.40. The molecular formula is C18H18ClF3N2O3. The summed E-state index contributed by atoms with van der Waals surface area (Å²) in [7, 11) is 0. The number of halogens is 4. The van der Waals surface area contributed by atoms with Crippen molar-refractivity contribution in [3.8, 4) is 0 Å². The number of nitrogens with zero attached hydrogens (tertiary/aromatic N) is 1. The van der Waals surface area contributed by atoms with E-state index in [1.165, 1.54) is 25.3 Å². The standard InChI is InChI=1S/C18H18ClF3N2O3/c1-12(25)23-16(13-4-6-14(19)7-5-13)9-17(26)24(11-18(20,21)22)10-15-3-2-8-27-15/h2-8,16H,9-11H2,1H3,(H,23,25). The summed E-state index contributed by atoms with van der Waals surface area (Å²) in [6, 6.07) is 8.60. The third-order valence-corrected chi connectivity index (χ3v) is 3.93.